The molecule has 0 saturated heterocycles. The van der Waals surface area contributed by atoms with Crippen molar-refractivity contribution in [3.63, 3.8) is 0 Å². The molecule has 3 atom stereocenters. The molecule has 4 rings (SSSR count). The lowest BCUT2D eigenvalue weighted by Gasteiger charge is -2.17. The number of nitrogens with one attached hydrogen (secondary N) is 1. The van der Waals surface area contributed by atoms with E-state index in [1.54, 1.807) is 12.5 Å². The van der Waals surface area contributed by atoms with E-state index in [-0.39, 0.29) is 12.1 Å². The fourth-order valence-electron chi connectivity index (χ4n) is 3.51. The Morgan fingerprint density at radius 3 is 2.91 bits per heavy atom. The summed E-state index contributed by atoms with van der Waals surface area (Å²) in [6, 6.07) is 2.10. The van der Waals surface area contributed by atoms with Crippen LogP contribution < -0.4 is 5.32 Å². The van der Waals surface area contributed by atoms with Gasteiger partial charge in [-0.05, 0) is 43.9 Å². The molecular weight excluding hydrogens is 290 g/mol. The minimum absolute atomic E-state index is 0.0622. The number of aromatic nitrogens is 4. The fourth-order valence-corrected chi connectivity index (χ4v) is 3.51. The maximum atomic E-state index is 10.3. The summed E-state index contributed by atoms with van der Waals surface area (Å²) in [6.07, 6.45) is 12.4. The van der Waals surface area contributed by atoms with Gasteiger partial charge >= 0.3 is 0 Å². The molecule has 0 aliphatic heterocycles. The lowest BCUT2D eigenvalue weighted by atomic mass is 10.1. The summed E-state index contributed by atoms with van der Waals surface area (Å²) in [5.41, 5.74) is 1.10. The molecule has 0 amide bonds. The van der Waals surface area contributed by atoms with Crippen LogP contribution in [0.3, 0.4) is 0 Å². The molecule has 2 heterocycles. The molecule has 2 fully saturated rings. The first-order chi connectivity index (χ1) is 11.3. The van der Waals surface area contributed by atoms with Gasteiger partial charge in [-0.25, -0.2) is 15.0 Å². The van der Waals surface area contributed by atoms with Crippen molar-refractivity contribution in [2.24, 2.45) is 11.8 Å². The van der Waals surface area contributed by atoms with Crippen LogP contribution in [0.1, 0.15) is 31.4 Å². The molecule has 0 spiro atoms. The smallest absolute Gasteiger partial charge is 0.129 e. The van der Waals surface area contributed by atoms with Gasteiger partial charge in [-0.3, -0.25) is 0 Å². The molecule has 6 nitrogen and oxygen atoms in total. The van der Waals surface area contributed by atoms with E-state index in [2.05, 4.69) is 24.8 Å². The molecule has 2 aromatic heterocycles. The van der Waals surface area contributed by atoms with Crippen molar-refractivity contribution in [1.29, 1.82) is 0 Å². The highest BCUT2D eigenvalue weighted by atomic mass is 16.3. The molecule has 2 aliphatic rings. The second-order valence-electron chi connectivity index (χ2n) is 6.96. The van der Waals surface area contributed by atoms with Crippen molar-refractivity contribution in [3.05, 3.63) is 36.8 Å². The van der Waals surface area contributed by atoms with Crippen molar-refractivity contribution in [2.45, 2.75) is 50.8 Å². The van der Waals surface area contributed by atoms with E-state index in [0.29, 0.717) is 5.92 Å². The monoisotopic (exact) mass is 313 g/mol. The van der Waals surface area contributed by atoms with Crippen molar-refractivity contribution >= 4 is 5.82 Å². The summed E-state index contributed by atoms with van der Waals surface area (Å²) in [7, 11) is 0. The summed E-state index contributed by atoms with van der Waals surface area (Å²) >= 11 is 0. The number of hydrogen-bond donors (Lipinski definition) is 2. The maximum absolute atomic E-state index is 10.3. The van der Waals surface area contributed by atoms with E-state index in [1.165, 1.54) is 12.8 Å². The van der Waals surface area contributed by atoms with Gasteiger partial charge in [0.15, 0.2) is 0 Å². The Kier molecular flexibility index (Phi) is 3.99. The van der Waals surface area contributed by atoms with Crippen LogP contribution in [0.5, 0.6) is 0 Å². The van der Waals surface area contributed by atoms with Crippen LogP contribution in [-0.2, 0) is 13.0 Å². The van der Waals surface area contributed by atoms with Gasteiger partial charge in [0.1, 0.15) is 12.1 Å². The van der Waals surface area contributed by atoms with Crippen LogP contribution in [0, 0.1) is 11.8 Å². The van der Waals surface area contributed by atoms with Crippen molar-refractivity contribution in [3.8, 4) is 0 Å². The number of aliphatic hydroxyl groups excluding tert-OH is 1. The highest BCUT2D eigenvalue weighted by molar-refractivity contribution is 5.37. The topological polar surface area (TPSA) is 75.9 Å². The second-order valence-corrected chi connectivity index (χ2v) is 6.96. The summed E-state index contributed by atoms with van der Waals surface area (Å²) in [5.74, 6) is 2.11. The van der Waals surface area contributed by atoms with E-state index < -0.39 is 0 Å². The van der Waals surface area contributed by atoms with Crippen molar-refractivity contribution < 1.29 is 5.11 Å². The fraction of sp³-hybridized carbons (Fsp3) is 0.588. The van der Waals surface area contributed by atoms with Gasteiger partial charge in [0, 0.05) is 30.7 Å². The third-order valence-electron chi connectivity index (χ3n) is 4.91. The molecule has 0 bridgehead atoms. The molecule has 2 aromatic rings. The number of aliphatic hydroxyl groups is 1. The van der Waals surface area contributed by atoms with Gasteiger partial charge in [0.25, 0.3) is 0 Å². The van der Waals surface area contributed by atoms with Gasteiger partial charge in [-0.2, -0.15) is 0 Å². The van der Waals surface area contributed by atoms with Crippen LogP contribution in [0.2, 0.25) is 0 Å². The molecule has 122 valence electrons. The number of imidazole rings is 1. The molecule has 1 unspecified atom stereocenters. The van der Waals surface area contributed by atoms with Crippen LogP contribution in [0.15, 0.2) is 31.1 Å². The lowest BCUT2D eigenvalue weighted by molar-refractivity contribution is 0.166. The first-order valence-corrected chi connectivity index (χ1v) is 8.47. The summed E-state index contributed by atoms with van der Waals surface area (Å²) < 4.78 is 2.08. The zero-order valence-corrected chi connectivity index (χ0v) is 13.2. The Morgan fingerprint density at radius 1 is 1.22 bits per heavy atom. The third kappa shape index (κ3) is 3.69. The molecule has 0 radical (unpaired) electrons. The molecule has 0 aromatic carbocycles. The van der Waals surface area contributed by atoms with Crippen LogP contribution in [0.25, 0.3) is 0 Å². The SMILES string of the molecule is O[C@@H]1CC(Cn2ccnc2)C[C@H]1Nc1cc(CC2CC2)ncn1. The molecule has 23 heavy (non-hydrogen) atoms. The predicted octanol–water partition coefficient (Wildman–Crippen LogP) is 1.88. The van der Waals surface area contributed by atoms with E-state index in [4.69, 9.17) is 0 Å². The number of hydrogen-bond acceptors (Lipinski definition) is 5. The zero-order valence-electron chi connectivity index (χ0n) is 13.2. The summed E-state index contributed by atoms with van der Waals surface area (Å²) in [5, 5.41) is 13.8. The van der Waals surface area contributed by atoms with Crippen molar-refractivity contribution in [1.82, 2.24) is 19.5 Å². The number of anilines is 1. The van der Waals surface area contributed by atoms with Crippen molar-refractivity contribution in [2.75, 3.05) is 5.32 Å². The quantitative estimate of drug-likeness (QED) is 0.851. The average Bonchev–Trinajstić information content (AvgIpc) is 3.07. The minimum atomic E-state index is -0.328. The Balaban J connectivity index is 1.36. The molecule has 2 N–H and O–H groups in total. The Bertz CT molecular complexity index is 640. The Hall–Kier alpha value is -1.95. The summed E-state index contributed by atoms with van der Waals surface area (Å²) in [6.45, 7) is 0.909. The van der Waals surface area contributed by atoms with Gasteiger partial charge < -0.3 is 15.0 Å². The van der Waals surface area contributed by atoms with E-state index in [9.17, 15) is 5.11 Å². The second kappa shape index (κ2) is 6.28. The van der Waals surface area contributed by atoms with E-state index >= 15 is 0 Å². The number of rotatable bonds is 6. The largest absolute Gasteiger partial charge is 0.391 e. The normalized spacial score (nSPS) is 27.3. The zero-order chi connectivity index (χ0) is 15.6. The first-order valence-electron chi connectivity index (χ1n) is 8.47. The Morgan fingerprint density at radius 2 is 2.13 bits per heavy atom. The van der Waals surface area contributed by atoms with E-state index in [0.717, 1.165) is 43.2 Å². The predicted molar refractivity (Wildman–Crippen MR) is 86.8 cm³/mol. The van der Waals surface area contributed by atoms with Gasteiger partial charge in [-0.15, -0.1) is 0 Å². The molecule has 2 aliphatic carbocycles. The van der Waals surface area contributed by atoms with Gasteiger partial charge in [-0.1, -0.05) is 0 Å². The highest BCUT2D eigenvalue weighted by Crippen LogP contribution is 2.33. The molecule has 6 heteroatoms. The molecular formula is C17H23N5O. The average molecular weight is 313 g/mol. The lowest BCUT2D eigenvalue weighted by Crippen LogP contribution is -2.28. The van der Waals surface area contributed by atoms with Crippen LogP contribution in [0.4, 0.5) is 5.82 Å². The third-order valence-corrected chi connectivity index (χ3v) is 4.91. The molecule has 2 saturated carbocycles. The minimum Gasteiger partial charge on any atom is -0.391 e. The Labute approximate surface area is 136 Å². The highest BCUT2D eigenvalue weighted by Gasteiger charge is 2.33. The first kappa shape index (κ1) is 14.6. The van der Waals surface area contributed by atoms with Gasteiger partial charge in [0.2, 0.25) is 0 Å². The maximum Gasteiger partial charge on any atom is 0.129 e. The summed E-state index contributed by atoms with van der Waals surface area (Å²) in [4.78, 5) is 12.7. The van der Waals surface area contributed by atoms with E-state index in [1.807, 2.05) is 18.6 Å². The number of nitrogens with zero attached hydrogens (tertiary/aromatic N) is 4. The van der Waals surface area contributed by atoms with Crippen LogP contribution >= 0.6 is 0 Å². The van der Waals surface area contributed by atoms with Crippen LogP contribution in [-0.4, -0.2) is 36.8 Å². The standard InChI is InChI=1S/C17H23N5O/c23-16-7-13(9-22-4-3-18-11-22)6-15(16)21-17-8-14(19-10-20-17)5-12-1-2-12/h3-4,8,10-13,15-16,23H,1-2,5-7,9H2,(H,19,20,21)/t13?,15-,16-/m1/s1. The van der Waals surface area contributed by atoms with Gasteiger partial charge in [0.05, 0.1) is 18.5 Å².